The minimum Gasteiger partial charge on any atom is -0.337 e. The molecule has 1 amide bonds. The number of nitrogens with zero attached hydrogens (tertiary/aromatic N) is 3. The Kier molecular flexibility index (Phi) is 3.86. The molecule has 0 unspecified atom stereocenters. The third kappa shape index (κ3) is 2.82. The second-order valence-electron chi connectivity index (χ2n) is 4.34. The number of aromatic nitrogens is 2. The van der Waals surface area contributed by atoms with Crippen LogP contribution < -0.4 is 0 Å². The highest BCUT2D eigenvalue weighted by atomic mass is 32.2. The van der Waals surface area contributed by atoms with Crippen molar-refractivity contribution in [3.05, 3.63) is 27.4 Å². The van der Waals surface area contributed by atoms with Gasteiger partial charge in [-0.3, -0.25) is 4.79 Å². The second kappa shape index (κ2) is 5.60. The van der Waals surface area contributed by atoms with Crippen molar-refractivity contribution in [2.75, 3.05) is 6.54 Å². The molecule has 0 saturated heterocycles. The van der Waals surface area contributed by atoms with Crippen molar-refractivity contribution in [3.63, 3.8) is 0 Å². The van der Waals surface area contributed by atoms with Gasteiger partial charge in [-0.1, -0.05) is 23.1 Å². The monoisotopic (exact) mass is 311 g/mol. The van der Waals surface area contributed by atoms with Gasteiger partial charge in [-0.25, -0.2) is 0 Å². The Balaban J connectivity index is 1.65. The summed E-state index contributed by atoms with van der Waals surface area (Å²) in [5.74, 6) is 0.192. The van der Waals surface area contributed by atoms with E-state index in [0.29, 0.717) is 0 Å². The highest BCUT2D eigenvalue weighted by Gasteiger charge is 2.26. The molecule has 0 saturated carbocycles. The van der Waals surface area contributed by atoms with Crippen LogP contribution in [0, 0.1) is 0 Å². The van der Waals surface area contributed by atoms with E-state index in [2.05, 4.69) is 21.6 Å². The number of amides is 1. The summed E-state index contributed by atoms with van der Waals surface area (Å²) in [6.45, 7) is 3.52. The van der Waals surface area contributed by atoms with Gasteiger partial charge in [-0.2, -0.15) is 0 Å². The molecular weight excluding hydrogens is 298 g/mol. The van der Waals surface area contributed by atoms with E-state index in [4.69, 9.17) is 0 Å². The van der Waals surface area contributed by atoms with Crippen LogP contribution in [0.4, 0.5) is 0 Å². The van der Waals surface area contributed by atoms with Crippen LogP contribution >= 0.6 is 34.4 Å². The van der Waals surface area contributed by atoms with Crippen LogP contribution in [0.25, 0.3) is 0 Å². The van der Waals surface area contributed by atoms with Crippen molar-refractivity contribution in [2.45, 2.75) is 29.5 Å². The predicted octanol–water partition coefficient (Wildman–Crippen LogP) is 2.67. The first-order chi connectivity index (χ1) is 9.24. The van der Waals surface area contributed by atoms with Gasteiger partial charge in [-0.15, -0.1) is 21.5 Å². The molecule has 100 valence electrons. The van der Waals surface area contributed by atoms with Gasteiger partial charge < -0.3 is 4.90 Å². The zero-order valence-corrected chi connectivity index (χ0v) is 12.9. The van der Waals surface area contributed by atoms with E-state index < -0.39 is 0 Å². The number of rotatable bonds is 3. The largest absolute Gasteiger partial charge is 0.337 e. The molecule has 1 aliphatic heterocycles. The summed E-state index contributed by atoms with van der Waals surface area (Å²) >= 11 is 4.76. The highest BCUT2D eigenvalue weighted by Crippen LogP contribution is 2.28. The molecule has 1 aliphatic rings. The number of hydrogen-bond acceptors (Lipinski definition) is 6. The third-order valence-corrected chi connectivity index (χ3v) is 6.01. The molecule has 3 heterocycles. The molecule has 4 nitrogen and oxygen atoms in total. The SMILES string of the molecule is C[C@@H](Sc1nncs1)C(=O)N1CCc2sccc2C1. The molecule has 0 aromatic carbocycles. The van der Waals surface area contributed by atoms with E-state index in [-0.39, 0.29) is 11.2 Å². The van der Waals surface area contributed by atoms with E-state index in [1.165, 1.54) is 33.5 Å². The molecular formula is C12H13N3OS3. The lowest BCUT2D eigenvalue weighted by Crippen LogP contribution is -2.39. The summed E-state index contributed by atoms with van der Waals surface area (Å²) < 4.78 is 0.856. The summed E-state index contributed by atoms with van der Waals surface area (Å²) in [6, 6.07) is 2.13. The normalized spacial score (nSPS) is 16.2. The van der Waals surface area contributed by atoms with Crippen molar-refractivity contribution in [1.29, 1.82) is 0 Å². The fourth-order valence-electron chi connectivity index (χ4n) is 2.11. The first kappa shape index (κ1) is 13.1. The molecule has 19 heavy (non-hydrogen) atoms. The van der Waals surface area contributed by atoms with Gasteiger partial charge >= 0.3 is 0 Å². The summed E-state index contributed by atoms with van der Waals surface area (Å²) in [7, 11) is 0. The second-order valence-corrected chi connectivity index (χ2v) is 7.77. The molecule has 0 bridgehead atoms. The number of carbonyl (C=O) groups is 1. The number of carbonyl (C=O) groups excluding carboxylic acids is 1. The Morgan fingerprint density at radius 2 is 2.42 bits per heavy atom. The Hall–Kier alpha value is -0.920. The van der Waals surface area contributed by atoms with Gasteiger partial charge in [0.1, 0.15) is 5.51 Å². The molecule has 2 aromatic heterocycles. The zero-order valence-electron chi connectivity index (χ0n) is 10.4. The van der Waals surface area contributed by atoms with Crippen molar-refractivity contribution in [1.82, 2.24) is 15.1 Å². The lowest BCUT2D eigenvalue weighted by molar-refractivity contribution is -0.131. The van der Waals surface area contributed by atoms with E-state index in [9.17, 15) is 4.79 Å². The number of fused-ring (bicyclic) bond motifs is 1. The van der Waals surface area contributed by atoms with Gasteiger partial charge in [0, 0.05) is 18.0 Å². The molecule has 2 aromatic rings. The van der Waals surface area contributed by atoms with Crippen molar-refractivity contribution < 1.29 is 4.79 Å². The smallest absolute Gasteiger partial charge is 0.236 e. The Morgan fingerprint density at radius 1 is 1.53 bits per heavy atom. The molecule has 0 radical (unpaired) electrons. The maximum Gasteiger partial charge on any atom is 0.236 e. The summed E-state index contributed by atoms with van der Waals surface area (Å²) in [6.07, 6.45) is 0.981. The number of thiophene rings is 1. The fraction of sp³-hybridized carbons (Fsp3) is 0.417. The molecule has 0 fully saturated rings. The third-order valence-electron chi connectivity index (χ3n) is 3.08. The maximum absolute atomic E-state index is 12.4. The summed E-state index contributed by atoms with van der Waals surface area (Å²) in [5.41, 5.74) is 3.00. The molecule has 7 heteroatoms. The van der Waals surface area contributed by atoms with Crippen molar-refractivity contribution in [2.24, 2.45) is 0 Å². The predicted molar refractivity (Wildman–Crippen MR) is 78.7 cm³/mol. The average Bonchev–Trinajstić information content (AvgIpc) is 3.07. The van der Waals surface area contributed by atoms with Gasteiger partial charge in [0.05, 0.1) is 5.25 Å². The van der Waals surface area contributed by atoms with E-state index in [1.54, 1.807) is 16.8 Å². The number of hydrogen-bond donors (Lipinski definition) is 0. The van der Waals surface area contributed by atoms with Gasteiger partial charge in [0.25, 0.3) is 0 Å². The van der Waals surface area contributed by atoms with E-state index in [1.807, 2.05) is 11.8 Å². The fourth-order valence-corrected chi connectivity index (χ4v) is 4.71. The minimum absolute atomic E-state index is 0.104. The van der Waals surface area contributed by atoms with Crippen molar-refractivity contribution >= 4 is 40.3 Å². The molecule has 0 aliphatic carbocycles. The molecule has 3 rings (SSSR count). The maximum atomic E-state index is 12.4. The summed E-state index contributed by atoms with van der Waals surface area (Å²) in [4.78, 5) is 15.8. The first-order valence-electron chi connectivity index (χ1n) is 6.01. The number of thioether (sulfide) groups is 1. The van der Waals surface area contributed by atoms with Crippen LogP contribution in [0.1, 0.15) is 17.4 Å². The van der Waals surface area contributed by atoms with Crippen LogP contribution in [0.2, 0.25) is 0 Å². The lowest BCUT2D eigenvalue weighted by Gasteiger charge is -2.28. The Bertz CT molecular complexity index is 567. The van der Waals surface area contributed by atoms with Crippen LogP contribution in [0.5, 0.6) is 0 Å². The Labute approximate surface area is 123 Å². The molecule has 0 spiro atoms. The van der Waals surface area contributed by atoms with Gasteiger partial charge in [0.15, 0.2) is 4.34 Å². The quantitative estimate of drug-likeness (QED) is 0.818. The summed E-state index contributed by atoms with van der Waals surface area (Å²) in [5, 5.41) is 9.77. The highest BCUT2D eigenvalue weighted by molar-refractivity contribution is 8.02. The van der Waals surface area contributed by atoms with Crippen LogP contribution in [0.3, 0.4) is 0 Å². The van der Waals surface area contributed by atoms with Gasteiger partial charge in [-0.05, 0) is 30.4 Å². The topological polar surface area (TPSA) is 46.1 Å². The first-order valence-corrected chi connectivity index (χ1v) is 8.65. The zero-order chi connectivity index (χ0) is 13.2. The minimum atomic E-state index is -0.104. The Morgan fingerprint density at radius 3 is 3.21 bits per heavy atom. The van der Waals surface area contributed by atoms with Crippen LogP contribution in [-0.4, -0.2) is 32.8 Å². The van der Waals surface area contributed by atoms with Crippen LogP contribution in [-0.2, 0) is 17.8 Å². The molecule has 0 N–H and O–H groups in total. The van der Waals surface area contributed by atoms with Gasteiger partial charge in [0.2, 0.25) is 5.91 Å². The van der Waals surface area contributed by atoms with Crippen molar-refractivity contribution in [3.8, 4) is 0 Å². The lowest BCUT2D eigenvalue weighted by atomic mass is 10.1. The standard InChI is InChI=1S/C12H13N3OS3/c1-8(19-12-14-13-7-18-12)11(16)15-4-2-10-9(6-15)3-5-17-10/h3,5,7-8H,2,4,6H2,1H3/t8-/m1/s1. The average molecular weight is 311 g/mol. The van der Waals surface area contributed by atoms with Crippen LogP contribution in [0.15, 0.2) is 21.3 Å². The van der Waals surface area contributed by atoms with E-state index in [0.717, 1.165) is 23.8 Å². The molecule has 1 atom stereocenters. The van der Waals surface area contributed by atoms with E-state index >= 15 is 0 Å².